The Balaban J connectivity index is 2.09. The molecule has 0 saturated carbocycles. The normalized spacial score (nSPS) is 11.9. The van der Waals surface area contributed by atoms with Crippen LogP contribution in [0.25, 0.3) is 0 Å². The number of benzene rings is 2. The third kappa shape index (κ3) is 3.51. The molecule has 0 saturated heterocycles. The molecule has 2 aromatic carbocycles. The van der Waals surface area contributed by atoms with Gasteiger partial charge in [-0.15, -0.1) is 0 Å². The van der Waals surface area contributed by atoms with E-state index in [4.69, 9.17) is 16.3 Å². The summed E-state index contributed by atoms with van der Waals surface area (Å²) in [5.74, 6) is -4.92. The van der Waals surface area contributed by atoms with Crippen LogP contribution in [0.15, 0.2) is 36.4 Å². The monoisotopic (exact) mass is 329 g/mol. The SMILES string of the molecule is C[C@H](Oc1ccccc1Cl)C(=O)Nc1ccc(F)c(F)c1F. The van der Waals surface area contributed by atoms with Crippen LogP contribution in [0.1, 0.15) is 6.92 Å². The van der Waals surface area contributed by atoms with Crippen LogP contribution >= 0.6 is 11.6 Å². The van der Waals surface area contributed by atoms with E-state index in [-0.39, 0.29) is 5.75 Å². The third-order valence-electron chi connectivity index (χ3n) is 2.80. The van der Waals surface area contributed by atoms with E-state index >= 15 is 0 Å². The quantitative estimate of drug-likeness (QED) is 0.855. The molecule has 1 atom stereocenters. The Kier molecular flexibility index (Phi) is 4.92. The van der Waals surface area contributed by atoms with E-state index in [1.165, 1.54) is 6.92 Å². The fourth-order valence-corrected chi connectivity index (χ4v) is 1.82. The summed E-state index contributed by atoms with van der Waals surface area (Å²) in [5.41, 5.74) is -0.474. The fourth-order valence-electron chi connectivity index (χ4n) is 1.64. The number of hydrogen-bond donors (Lipinski definition) is 1. The lowest BCUT2D eigenvalue weighted by molar-refractivity contribution is -0.122. The van der Waals surface area contributed by atoms with Gasteiger partial charge in [-0.1, -0.05) is 23.7 Å². The van der Waals surface area contributed by atoms with Gasteiger partial charge >= 0.3 is 0 Å². The van der Waals surface area contributed by atoms with Crippen molar-refractivity contribution in [2.45, 2.75) is 13.0 Å². The molecule has 0 unspecified atom stereocenters. The molecule has 3 nitrogen and oxygen atoms in total. The Hall–Kier alpha value is -2.21. The number of para-hydroxylation sites is 1. The summed E-state index contributed by atoms with van der Waals surface area (Å²) >= 11 is 5.89. The average Bonchev–Trinajstić information content (AvgIpc) is 2.50. The van der Waals surface area contributed by atoms with E-state index in [1.807, 2.05) is 0 Å². The number of carbonyl (C=O) groups excluding carboxylic acids is 1. The van der Waals surface area contributed by atoms with Gasteiger partial charge in [0.1, 0.15) is 5.75 Å². The summed E-state index contributed by atoms with van der Waals surface area (Å²) < 4.78 is 44.7. The first kappa shape index (κ1) is 16.2. The second-order valence-electron chi connectivity index (χ2n) is 4.40. The van der Waals surface area contributed by atoms with Crippen LogP contribution in [0.3, 0.4) is 0 Å². The van der Waals surface area contributed by atoms with Gasteiger partial charge in [-0.05, 0) is 31.2 Å². The van der Waals surface area contributed by atoms with Crippen molar-refractivity contribution in [1.82, 2.24) is 0 Å². The van der Waals surface area contributed by atoms with Crippen LogP contribution < -0.4 is 10.1 Å². The van der Waals surface area contributed by atoms with Crippen LogP contribution in [-0.2, 0) is 4.79 Å². The van der Waals surface area contributed by atoms with Crippen LogP contribution in [0.2, 0.25) is 5.02 Å². The van der Waals surface area contributed by atoms with Crippen molar-refractivity contribution in [3.8, 4) is 5.75 Å². The molecule has 116 valence electrons. The molecular formula is C15H11ClF3NO2. The standard InChI is InChI=1S/C15H11ClF3NO2/c1-8(22-12-5-3-2-4-9(12)16)15(21)20-11-7-6-10(17)13(18)14(11)19/h2-8H,1H3,(H,20,21)/t8-/m0/s1. The van der Waals surface area contributed by atoms with Crippen molar-refractivity contribution in [2.75, 3.05) is 5.32 Å². The van der Waals surface area contributed by atoms with Gasteiger partial charge in [-0.2, -0.15) is 0 Å². The topological polar surface area (TPSA) is 38.3 Å². The first-order valence-corrected chi connectivity index (χ1v) is 6.63. The lowest BCUT2D eigenvalue weighted by Crippen LogP contribution is -2.30. The van der Waals surface area contributed by atoms with E-state index in [1.54, 1.807) is 24.3 Å². The maximum atomic E-state index is 13.5. The molecule has 0 aliphatic heterocycles. The highest BCUT2D eigenvalue weighted by atomic mass is 35.5. The van der Waals surface area contributed by atoms with Crippen molar-refractivity contribution in [1.29, 1.82) is 0 Å². The summed E-state index contributed by atoms with van der Waals surface area (Å²) in [7, 11) is 0. The zero-order valence-electron chi connectivity index (χ0n) is 11.4. The van der Waals surface area contributed by atoms with Crippen LogP contribution in [0.5, 0.6) is 5.75 Å². The van der Waals surface area contributed by atoms with Crippen LogP contribution in [-0.4, -0.2) is 12.0 Å². The van der Waals surface area contributed by atoms with Gasteiger partial charge in [0.2, 0.25) is 0 Å². The molecule has 0 aromatic heterocycles. The number of hydrogen-bond acceptors (Lipinski definition) is 2. The van der Waals surface area contributed by atoms with Crippen LogP contribution in [0.4, 0.5) is 18.9 Å². The minimum atomic E-state index is -1.66. The zero-order valence-corrected chi connectivity index (χ0v) is 12.1. The molecule has 0 fully saturated rings. The highest BCUT2D eigenvalue weighted by Gasteiger charge is 2.20. The fraction of sp³-hybridized carbons (Fsp3) is 0.133. The van der Waals surface area contributed by atoms with Gasteiger partial charge in [-0.3, -0.25) is 4.79 Å². The first-order valence-electron chi connectivity index (χ1n) is 6.25. The number of carbonyl (C=O) groups is 1. The van der Waals surface area contributed by atoms with E-state index < -0.39 is 35.2 Å². The second kappa shape index (κ2) is 6.70. The Morgan fingerprint density at radius 2 is 1.82 bits per heavy atom. The van der Waals surface area contributed by atoms with Gasteiger partial charge in [0.15, 0.2) is 23.6 Å². The molecule has 22 heavy (non-hydrogen) atoms. The summed E-state index contributed by atoms with van der Waals surface area (Å²) in [5, 5.41) is 2.44. The van der Waals surface area contributed by atoms with Crippen molar-refractivity contribution < 1.29 is 22.7 Å². The van der Waals surface area contributed by atoms with Crippen molar-refractivity contribution in [3.05, 3.63) is 58.9 Å². The van der Waals surface area contributed by atoms with Crippen molar-refractivity contribution in [3.63, 3.8) is 0 Å². The summed E-state index contributed by atoms with van der Waals surface area (Å²) in [6, 6.07) is 8.14. The molecular weight excluding hydrogens is 319 g/mol. The maximum Gasteiger partial charge on any atom is 0.265 e. The molecule has 1 amide bonds. The minimum Gasteiger partial charge on any atom is -0.479 e. The molecule has 0 radical (unpaired) electrons. The van der Waals surface area contributed by atoms with E-state index in [2.05, 4.69) is 5.32 Å². The third-order valence-corrected chi connectivity index (χ3v) is 3.11. The largest absolute Gasteiger partial charge is 0.479 e. The molecule has 2 aromatic rings. The Bertz CT molecular complexity index is 709. The Labute approximate surface area is 129 Å². The number of anilines is 1. The number of ether oxygens (including phenoxy) is 1. The van der Waals surface area contributed by atoms with Crippen molar-refractivity contribution >= 4 is 23.2 Å². The second-order valence-corrected chi connectivity index (χ2v) is 4.81. The molecule has 1 N–H and O–H groups in total. The lowest BCUT2D eigenvalue weighted by Gasteiger charge is -2.16. The Morgan fingerprint density at radius 3 is 2.50 bits per heavy atom. The lowest BCUT2D eigenvalue weighted by atomic mass is 10.2. The number of amides is 1. The predicted octanol–water partition coefficient (Wildman–Crippen LogP) is 4.16. The van der Waals surface area contributed by atoms with Crippen molar-refractivity contribution in [2.24, 2.45) is 0 Å². The summed E-state index contributed by atoms with van der Waals surface area (Å²) in [4.78, 5) is 11.9. The van der Waals surface area contributed by atoms with Gasteiger partial charge in [0.05, 0.1) is 10.7 Å². The van der Waals surface area contributed by atoms with E-state index in [9.17, 15) is 18.0 Å². The Morgan fingerprint density at radius 1 is 1.14 bits per heavy atom. The maximum absolute atomic E-state index is 13.5. The summed E-state index contributed by atoms with van der Waals surface area (Å²) in [6.45, 7) is 1.41. The molecule has 0 heterocycles. The number of nitrogens with one attached hydrogen (secondary N) is 1. The van der Waals surface area contributed by atoms with Gasteiger partial charge in [-0.25, -0.2) is 13.2 Å². The molecule has 0 aliphatic rings. The molecule has 7 heteroatoms. The zero-order chi connectivity index (χ0) is 16.3. The number of halogens is 4. The van der Waals surface area contributed by atoms with E-state index in [0.29, 0.717) is 11.1 Å². The van der Waals surface area contributed by atoms with Gasteiger partial charge in [0.25, 0.3) is 5.91 Å². The average molecular weight is 330 g/mol. The highest BCUT2D eigenvalue weighted by Crippen LogP contribution is 2.25. The van der Waals surface area contributed by atoms with Gasteiger partial charge < -0.3 is 10.1 Å². The number of rotatable bonds is 4. The van der Waals surface area contributed by atoms with Crippen LogP contribution in [0, 0.1) is 17.5 Å². The molecule has 2 rings (SSSR count). The van der Waals surface area contributed by atoms with E-state index in [0.717, 1.165) is 6.07 Å². The van der Waals surface area contributed by atoms with Gasteiger partial charge in [0, 0.05) is 0 Å². The first-order chi connectivity index (χ1) is 10.4. The molecule has 0 spiro atoms. The highest BCUT2D eigenvalue weighted by molar-refractivity contribution is 6.32. The minimum absolute atomic E-state index is 0.276. The predicted molar refractivity (Wildman–Crippen MR) is 76.5 cm³/mol. The molecule has 0 aliphatic carbocycles. The smallest absolute Gasteiger partial charge is 0.265 e. The molecule has 0 bridgehead atoms. The summed E-state index contributed by atoms with van der Waals surface area (Å²) in [6.07, 6.45) is -1.02.